The highest BCUT2D eigenvalue weighted by atomic mass is 32.1. The van der Waals surface area contributed by atoms with Gasteiger partial charge in [-0.05, 0) is 61.4 Å². The summed E-state index contributed by atoms with van der Waals surface area (Å²) in [5.41, 5.74) is 7.79. The van der Waals surface area contributed by atoms with Crippen molar-refractivity contribution in [3.05, 3.63) is 99.3 Å². The molecular formula is C32H16N8S5. The molecule has 0 fully saturated rings. The van der Waals surface area contributed by atoms with Crippen molar-refractivity contribution in [2.24, 2.45) is 4.40 Å². The van der Waals surface area contributed by atoms with E-state index in [-0.39, 0.29) is 5.71 Å². The predicted octanol–water partition coefficient (Wildman–Crippen LogP) is 8.93. The van der Waals surface area contributed by atoms with E-state index in [1.165, 1.54) is 23.1 Å². The molecule has 1 N–H and O–H groups in total. The van der Waals surface area contributed by atoms with Gasteiger partial charge in [-0.3, -0.25) is 5.41 Å². The average Bonchev–Trinajstić information content (AvgIpc) is 3.89. The Bertz CT molecular complexity index is 2400. The van der Waals surface area contributed by atoms with Crippen LogP contribution >= 0.6 is 58.9 Å². The highest BCUT2D eigenvalue weighted by molar-refractivity contribution is 7.79. The maximum Gasteiger partial charge on any atom is 0.114 e. The van der Waals surface area contributed by atoms with Gasteiger partial charge in [0, 0.05) is 41.8 Å². The Morgan fingerprint density at radius 2 is 1.40 bits per heavy atom. The number of benzene rings is 2. The Morgan fingerprint density at radius 1 is 0.778 bits per heavy atom. The first-order valence-corrected chi connectivity index (χ1v) is 16.7. The second-order valence-corrected chi connectivity index (χ2v) is 13.1. The molecule has 8 nitrogen and oxygen atoms in total. The molecule has 0 saturated heterocycles. The van der Waals surface area contributed by atoms with E-state index < -0.39 is 0 Å². The average molecular weight is 673 g/mol. The van der Waals surface area contributed by atoms with E-state index in [1.54, 1.807) is 35.6 Å². The molecule has 0 saturated carbocycles. The van der Waals surface area contributed by atoms with E-state index in [0.29, 0.717) is 22.4 Å². The summed E-state index contributed by atoms with van der Waals surface area (Å²) in [4.78, 5) is 3.83. The van der Waals surface area contributed by atoms with E-state index in [9.17, 15) is 10.5 Å². The van der Waals surface area contributed by atoms with E-state index in [2.05, 4.69) is 59.0 Å². The summed E-state index contributed by atoms with van der Waals surface area (Å²) in [7, 11) is 0. The van der Waals surface area contributed by atoms with E-state index >= 15 is 0 Å². The summed E-state index contributed by atoms with van der Waals surface area (Å²) < 4.78 is 21.8. The lowest BCUT2D eigenvalue weighted by molar-refractivity contribution is 1.45. The molecule has 4 heterocycles. The molecule has 0 aliphatic heterocycles. The van der Waals surface area contributed by atoms with Crippen molar-refractivity contribution >= 4 is 110 Å². The van der Waals surface area contributed by atoms with Gasteiger partial charge < -0.3 is 0 Å². The highest BCUT2D eigenvalue weighted by Gasteiger charge is 2.19. The third-order valence-corrected chi connectivity index (χ3v) is 10.4. The fraction of sp³-hybridized carbons (Fsp3) is 0. The van der Waals surface area contributed by atoms with Gasteiger partial charge in [-0.25, -0.2) is 4.40 Å². The van der Waals surface area contributed by atoms with Crippen LogP contribution in [-0.4, -0.2) is 28.9 Å². The van der Waals surface area contributed by atoms with Gasteiger partial charge in [0.15, 0.2) is 0 Å². The lowest BCUT2D eigenvalue weighted by Crippen LogP contribution is -2.16. The van der Waals surface area contributed by atoms with Crippen LogP contribution in [0.5, 0.6) is 0 Å². The molecule has 1 aliphatic carbocycles. The maximum absolute atomic E-state index is 9.96. The van der Waals surface area contributed by atoms with Crippen LogP contribution < -0.4 is 0 Å². The minimum atomic E-state index is 0.160. The zero-order valence-corrected chi connectivity index (χ0v) is 27.0. The number of nitriles is 2. The summed E-state index contributed by atoms with van der Waals surface area (Å²) in [6.45, 7) is 0. The molecule has 0 bridgehead atoms. The number of nitrogens with zero attached hydrogens (tertiary/aromatic N) is 7. The number of fused-ring (bicyclic) bond motifs is 2. The number of thiol groups is 1. The molecule has 0 amide bonds. The number of hydrogen-bond donors (Lipinski definition) is 2. The second kappa shape index (κ2) is 12.2. The van der Waals surface area contributed by atoms with Crippen LogP contribution in [0.3, 0.4) is 0 Å². The normalized spacial score (nSPS) is 14.7. The Kier molecular flexibility index (Phi) is 7.85. The minimum absolute atomic E-state index is 0.160. The smallest absolute Gasteiger partial charge is 0.114 e. The zero-order chi connectivity index (χ0) is 30.9. The van der Waals surface area contributed by atoms with Crippen molar-refractivity contribution in [3.63, 3.8) is 0 Å². The fourth-order valence-electron chi connectivity index (χ4n) is 4.91. The standard InChI is InChI=1S/C32H16N8S5/c33-15-17(21-3-1-5-25(36-41)29(21)35)13-19-7-11-27(42-19)23-9-10-24(32-31(23)39-45-40-32)28-12-8-20(43-28)14-18(16-34)22-4-2-6-26-30(22)38-44-37-26/h1-14,35,41H/b17-13+,18-14+,35-29?,36-25-. The molecule has 0 atom stereocenters. The predicted molar refractivity (Wildman–Crippen MR) is 190 cm³/mol. The molecule has 1 aliphatic rings. The summed E-state index contributed by atoms with van der Waals surface area (Å²) in [5, 5.41) is 28.2. The van der Waals surface area contributed by atoms with Crippen LogP contribution in [0.25, 0.3) is 60.7 Å². The largest absolute Gasteiger partial charge is 0.298 e. The molecule has 4 aromatic heterocycles. The molecule has 2 aromatic carbocycles. The van der Waals surface area contributed by atoms with Gasteiger partial charge in [0.1, 0.15) is 22.1 Å². The van der Waals surface area contributed by atoms with Crippen molar-refractivity contribution in [1.29, 1.82) is 15.9 Å². The van der Waals surface area contributed by atoms with Gasteiger partial charge in [0.25, 0.3) is 0 Å². The third-order valence-electron chi connectivity index (χ3n) is 7.03. The molecular weight excluding hydrogens is 657 g/mol. The van der Waals surface area contributed by atoms with Gasteiger partial charge >= 0.3 is 0 Å². The van der Waals surface area contributed by atoms with Crippen molar-refractivity contribution in [2.45, 2.75) is 0 Å². The first kappa shape index (κ1) is 28.9. The van der Waals surface area contributed by atoms with Crippen molar-refractivity contribution in [3.8, 4) is 33.0 Å². The number of nitrogens with one attached hydrogen (secondary N) is 1. The van der Waals surface area contributed by atoms with Crippen LogP contribution in [0, 0.1) is 28.1 Å². The first-order chi connectivity index (χ1) is 22.1. The molecule has 45 heavy (non-hydrogen) atoms. The maximum atomic E-state index is 9.96. The highest BCUT2D eigenvalue weighted by Crippen LogP contribution is 2.40. The molecule has 0 unspecified atom stereocenters. The van der Waals surface area contributed by atoms with Gasteiger partial charge in [0.05, 0.1) is 58.2 Å². The number of thiophene rings is 2. The van der Waals surface area contributed by atoms with E-state index in [4.69, 9.17) is 5.41 Å². The van der Waals surface area contributed by atoms with Gasteiger partial charge in [-0.15, -0.1) is 22.7 Å². The molecule has 0 radical (unpaired) electrons. The van der Waals surface area contributed by atoms with E-state index in [1.807, 2.05) is 48.5 Å². The fourth-order valence-corrected chi connectivity index (χ4v) is 8.16. The van der Waals surface area contributed by atoms with Gasteiger partial charge in [0.2, 0.25) is 0 Å². The van der Waals surface area contributed by atoms with Crippen LogP contribution in [-0.2, 0) is 0 Å². The summed E-state index contributed by atoms with van der Waals surface area (Å²) >= 11 is 9.36. The van der Waals surface area contributed by atoms with Crippen LogP contribution in [0.1, 0.15) is 15.3 Å². The number of aromatic nitrogens is 4. The molecule has 6 aromatic rings. The lowest BCUT2D eigenvalue weighted by Gasteiger charge is -2.10. The minimum Gasteiger partial charge on any atom is -0.298 e. The molecule has 13 heteroatoms. The zero-order valence-electron chi connectivity index (χ0n) is 22.8. The van der Waals surface area contributed by atoms with Crippen molar-refractivity contribution < 1.29 is 0 Å². The Morgan fingerprint density at radius 3 is 2.04 bits per heavy atom. The molecule has 214 valence electrons. The summed E-state index contributed by atoms with van der Waals surface area (Å²) in [6.07, 6.45) is 8.86. The van der Waals surface area contributed by atoms with Gasteiger partial charge in [-0.1, -0.05) is 36.4 Å². The van der Waals surface area contributed by atoms with Crippen molar-refractivity contribution in [1.82, 2.24) is 17.5 Å². The Hall–Kier alpha value is -4.89. The Labute approximate surface area is 278 Å². The SMILES string of the molecule is N#C/C(=C\c1ccc(-c2ccc(-c3ccc(/C=C(\C#N)c4cccc5nsnc45)s3)c3nsnc23)s1)C1=CC=C/C(=N/S)C1=N. The third kappa shape index (κ3) is 5.37. The van der Waals surface area contributed by atoms with Gasteiger partial charge in [-0.2, -0.15) is 28.0 Å². The summed E-state index contributed by atoms with van der Waals surface area (Å²) in [6, 6.07) is 22.4. The van der Waals surface area contributed by atoms with Crippen LogP contribution in [0.15, 0.2) is 88.4 Å². The first-order valence-electron chi connectivity index (χ1n) is 13.2. The van der Waals surface area contributed by atoms with Crippen LogP contribution in [0.4, 0.5) is 0 Å². The molecule has 7 rings (SSSR count). The summed E-state index contributed by atoms with van der Waals surface area (Å²) in [5.74, 6) is 0. The van der Waals surface area contributed by atoms with Crippen molar-refractivity contribution in [2.75, 3.05) is 0 Å². The van der Waals surface area contributed by atoms with Crippen LogP contribution in [0.2, 0.25) is 0 Å². The number of hydrogen-bond acceptors (Lipinski definition) is 13. The van der Waals surface area contributed by atoms with E-state index in [0.717, 1.165) is 70.0 Å². The lowest BCUT2D eigenvalue weighted by atomic mass is 9.94. The Balaban J connectivity index is 1.20. The quantitative estimate of drug-likeness (QED) is 0.103. The topological polar surface area (TPSA) is 135 Å². The number of rotatable bonds is 6. The monoisotopic (exact) mass is 672 g/mol. The second-order valence-electron chi connectivity index (χ2n) is 9.60. The molecule has 0 spiro atoms. The number of allylic oxidation sites excluding steroid dienone is 6.